The van der Waals surface area contributed by atoms with Crippen molar-refractivity contribution in [3.63, 3.8) is 0 Å². The first-order valence-corrected chi connectivity index (χ1v) is 9.79. The van der Waals surface area contributed by atoms with Crippen LogP contribution in [0.4, 0.5) is 24.1 Å². The fourth-order valence-corrected chi connectivity index (χ4v) is 3.27. The molecular formula is C19H18Cl2F2N4O4. The van der Waals surface area contributed by atoms with Crippen molar-refractivity contribution >= 4 is 41.0 Å². The Morgan fingerprint density at radius 3 is 2.48 bits per heavy atom. The van der Waals surface area contributed by atoms with Crippen molar-refractivity contribution in [3.8, 4) is 5.75 Å². The number of halogens is 4. The lowest BCUT2D eigenvalue weighted by Crippen LogP contribution is -2.67. The Balaban J connectivity index is 1.84. The van der Waals surface area contributed by atoms with E-state index in [1.807, 2.05) is 0 Å². The minimum atomic E-state index is -3.03. The standard InChI is InChI=1S/C19H18Cl2F2N4O4/c20-12-3-1-11(2-4-12)10-27-17(25-18(29)26(7-8-28)19(27)30)24-13-5-6-15(14(21)9-13)31-16(22)23/h1-6,9,16-17,24,28H,7-8,10H2,(H,25,29). The van der Waals surface area contributed by atoms with Gasteiger partial charge in [-0.3, -0.25) is 10.2 Å². The Morgan fingerprint density at radius 2 is 1.87 bits per heavy atom. The van der Waals surface area contributed by atoms with E-state index < -0.39 is 31.6 Å². The molecule has 166 valence electrons. The van der Waals surface area contributed by atoms with Crippen LogP contribution in [0.1, 0.15) is 5.56 Å². The lowest BCUT2D eigenvalue weighted by atomic mass is 10.2. The van der Waals surface area contributed by atoms with Crippen LogP contribution in [0, 0.1) is 0 Å². The number of ether oxygens (including phenoxy) is 1. The zero-order valence-corrected chi connectivity index (χ0v) is 17.4. The monoisotopic (exact) mass is 474 g/mol. The third-order valence-corrected chi connectivity index (χ3v) is 4.88. The molecule has 2 aromatic carbocycles. The quantitative estimate of drug-likeness (QED) is 0.538. The van der Waals surface area contributed by atoms with Crippen LogP contribution in [0.25, 0.3) is 0 Å². The van der Waals surface area contributed by atoms with Crippen LogP contribution in [-0.4, -0.2) is 53.0 Å². The van der Waals surface area contributed by atoms with E-state index in [4.69, 9.17) is 23.2 Å². The minimum absolute atomic E-state index is 0.0788. The maximum atomic E-state index is 12.9. The highest BCUT2D eigenvalue weighted by Gasteiger charge is 2.38. The average molecular weight is 475 g/mol. The molecule has 1 unspecified atom stereocenters. The molecule has 0 aromatic heterocycles. The van der Waals surface area contributed by atoms with Crippen molar-refractivity contribution in [2.24, 2.45) is 0 Å². The molecule has 3 rings (SSSR count). The Kier molecular flexibility index (Phi) is 7.37. The molecule has 1 saturated heterocycles. The largest absolute Gasteiger partial charge is 0.433 e. The van der Waals surface area contributed by atoms with E-state index in [1.165, 1.54) is 23.1 Å². The lowest BCUT2D eigenvalue weighted by molar-refractivity contribution is -0.0497. The van der Waals surface area contributed by atoms with Crippen LogP contribution in [0.3, 0.4) is 0 Å². The van der Waals surface area contributed by atoms with E-state index in [0.717, 1.165) is 10.5 Å². The Bertz CT molecular complexity index is 949. The summed E-state index contributed by atoms with van der Waals surface area (Å²) in [5.74, 6) is -0.210. The number of anilines is 1. The number of nitrogens with one attached hydrogen (secondary N) is 2. The summed E-state index contributed by atoms with van der Waals surface area (Å²) >= 11 is 11.9. The number of β-amino-alcohol motifs (C(OH)–C–C–N with tert-alkyl or cyclic N) is 1. The Hall–Kier alpha value is -2.82. The fourth-order valence-electron chi connectivity index (χ4n) is 2.92. The number of alkyl halides is 2. The SMILES string of the molecule is O=C1NC(Nc2ccc(OC(F)F)c(Cl)c2)N(Cc2ccc(Cl)cc2)C(=O)N1CCO. The van der Waals surface area contributed by atoms with Gasteiger partial charge in [-0.15, -0.1) is 0 Å². The maximum Gasteiger partial charge on any atom is 0.387 e. The molecule has 0 saturated carbocycles. The van der Waals surface area contributed by atoms with Crippen molar-refractivity contribution in [2.45, 2.75) is 19.4 Å². The number of aliphatic hydroxyl groups excluding tert-OH is 1. The maximum absolute atomic E-state index is 12.9. The third kappa shape index (κ3) is 5.66. The fraction of sp³-hybridized carbons (Fsp3) is 0.263. The number of hydrogen-bond donors (Lipinski definition) is 3. The van der Waals surface area contributed by atoms with Gasteiger partial charge in [-0.2, -0.15) is 8.78 Å². The van der Waals surface area contributed by atoms with Crippen molar-refractivity contribution in [2.75, 3.05) is 18.5 Å². The van der Waals surface area contributed by atoms with Crippen LogP contribution < -0.4 is 15.4 Å². The van der Waals surface area contributed by atoms with Crippen LogP contribution in [-0.2, 0) is 6.54 Å². The van der Waals surface area contributed by atoms with Crippen molar-refractivity contribution in [1.29, 1.82) is 0 Å². The average Bonchev–Trinajstić information content (AvgIpc) is 2.71. The number of amides is 4. The summed E-state index contributed by atoms with van der Waals surface area (Å²) in [4.78, 5) is 27.5. The summed E-state index contributed by atoms with van der Waals surface area (Å²) in [5, 5.41) is 15.2. The molecule has 0 aliphatic carbocycles. The molecule has 1 atom stereocenters. The van der Waals surface area contributed by atoms with Gasteiger partial charge in [0.15, 0.2) is 6.29 Å². The number of rotatable bonds is 8. The molecule has 4 amide bonds. The van der Waals surface area contributed by atoms with Gasteiger partial charge in [0.2, 0.25) is 0 Å². The summed E-state index contributed by atoms with van der Waals surface area (Å²) in [7, 11) is 0. The summed E-state index contributed by atoms with van der Waals surface area (Å²) in [6.07, 6.45) is -0.983. The summed E-state index contributed by atoms with van der Waals surface area (Å²) < 4.78 is 29.2. The number of nitrogens with zero attached hydrogens (tertiary/aromatic N) is 2. The number of carbonyl (C=O) groups is 2. The minimum Gasteiger partial charge on any atom is -0.433 e. The smallest absolute Gasteiger partial charge is 0.387 e. The molecule has 2 aromatic rings. The van der Waals surface area contributed by atoms with Crippen molar-refractivity contribution in [3.05, 3.63) is 58.1 Å². The number of aliphatic hydroxyl groups is 1. The molecule has 0 radical (unpaired) electrons. The Morgan fingerprint density at radius 1 is 1.16 bits per heavy atom. The van der Waals surface area contributed by atoms with Crippen molar-refractivity contribution in [1.82, 2.24) is 15.1 Å². The van der Waals surface area contributed by atoms with Gasteiger partial charge in [0.05, 0.1) is 24.7 Å². The summed E-state index contributed by atoms with van der Waals surface area (Å²) in [6, 6.07) is 9.45. The number of carbonyl (C=O) groups excluding carboxylic acids is 2. The lowest BCUT2D eigenvalue weighted by Gasteiger charge is -2.41. The van der Waals surface area contributed by atoms with Crippen LogP contribution in [0.2, 0.25) is 10.0 Å². The number of benzene rings is 2. The van der Waals surface area contributed by atoms with Gasteiger partial charge < -0.3 is 15.2 Å². The third-order valence-electron chi connectivity index (χ3n) is 4.33. The topological polar surface area (TPSA) is 94.1 Å². The zero-order chi connectivity index (χ0) is 22.5. The first-order valence-electron chi connectivity index (χ1n) is 9.03. The summed E-state index contributed by atoms with van der Waals surface area (Å²) in [6.45, 7) is -3.50. The van der Waals surface area contributed by atoms with Gasteiger partial charge >= 0.3 is 18.7 Å². The number of urea groups is 2. The molecule has 1 aliphatic rings. The molecular weight excluding hydrogens is 457 g/mol. The first kappa shape index (κ1) is 22.9. The van der Waals surface area contributed by atoms with E-state index >= 15 is 0 Å². The van der Waals surface area contributed by atoms with E-state index in [-0.39, 0.29) is 23.9 Å². The first-order chi connectivity index (χ1) is 14.8. The predicted molar refractivity (Wildman–Crippen MR) is 110 cm³/mol. The summed E-state index contributed by atoms with van der Waals surface area (Å²) in [5.41, 5.74) is 1.09. The van der Waals surface area contributed by atoms with Crippen LogP contribution in [0.5, 0.6) is 5.75 Å². The van der Waals surface area contributed by atoms with E-state index in [0.29, 0.717) is 10.7 Å². The van der Waals surface area contributed by atoms with Gasteiger partial charge in [0, 0.05) is 10.7 Å². The predicted octanol–water partition coefficient (Wildman–Crippen LogP) is 3.93. The molecule has 31 heavy (non-hydrogen) atoms. The highest BCUT2D eigenvalue weighted by atomic mass is 35.5. The molecule has 0 spiro atoms. The molecule has 1 fully saturated rings. The molecule has 12 heteroatoms. The van der Waals surface area contributed by atoms with E-state index in [1.54, 1.807) is 24.3 Å². The highest BCUT2D eigenvalue weighted by Crippen LogP contribution is 2.29. The van der Waals surface area contributed by atoms with Crippen molar-refractivity contribution < 1.29 is 28.2 Å². The molecule has 1 heterocycles. The second-order valence-corrected chi connectivity index (χ2v) is 7.28. The van der Waals surface area contributed by atoms with E-state index in [2.05, 4.69) is 15.4 Å². The van der Waals surface area contributed by atoms with Gasteiger partial charge in [-0.25, -0.2) is 14.5 Å². The molecule has 3 N–H and O–H groups in total. The van der Waals surface area contributed by atoms with Crippen LogP contribution >= 0.6 is 23.2 Å². The van der Waals surface area contributed by atoms with Gasteiger partial charge in [0.1, 0.15) is 5.75 Å². The molecule has 0 bridgehead atoms. The number of hydrogen-bond acceptors (Lipinski definition) is 5. The van der Waals surface area contributed by atoms with Gasteiger partial charge in [0.25, 0.3) is 0 Å². The number of imide groups is 1. The van der Waals surface area contributed by atoms with Gasteiger partial charge in [-0.1, -0.05) is 35.3 Å². The molecule has 8 nitrogen and oxygen atoms in total. The highest BCUT2D eigenvalue weighted by molar-refractivity contribution is 6.32. The zero-order valence-electron chi connectivity index (χ0n) is 15.9. The van der Waals surface area contributed by atoms with E-state index in [9.17, 15) is 23.5 Å². The van der Waals surface area contributed by atoms with Gasteiger partial charge in [-0.05, 0) is 35.9 Å². The second kappa shape index (κ2) is 9.99. The molecule has 1 aliphatic heterocycles. The second-order valence-electron chi connectivity index (χ2n) is 6.43. The normalized spacial score (nSPS) is 16.5. The Labute approximate surface area is 186 Å². The van der Waals surface area contributed by atoms with Crippen LogP contribution in [0.15, 0.2) is 42.5 Å².